The van der Waals surface area contributed by atoms with E-state index in [1.807, 2.05) is 6.92 Å². The molecule has 0 bridgehead atoms. The summed E-state index contributed by atoms with van der Waals surface area (Å²) in [4.78, 5) is 2.36. The normalized spacial score (nSPS) is 19.7. The van der Waals surface area contributed by atoms with Crippen LogP contribution in [0.2, 0.25) is 0 Å². The number of likely N-dealkylation sites (N-methyl/N-ethyl adjacent to an activating group) is 1. The average Bonchev–Trinajstić information content (AvgIpc) is 3.16. The number of ether oxygens (including phenoxy) is 3. The molecule has 1 N–H and O–H groups in total. The predicted molar refractivity (Wildman–Crippen MR) is 85.2 cm³/mol. The molecule has 3 heterocycles. The van der Waals surface area contributed by atoms with Crippen molar-refractivity contribution in [3.63, 3.8) is 0 Å². The Kier molecular flexibility index (Phi) is 3.41. The Morgan fingerprint density at radius 2 is 2.26 bits per heavy atom. The van der Waals surface area contributed by atoms with Crippen LogP contribution in [0.5, 0.6) is 17.2 Å². The Bertz CT molecular complexity index is 741. The van der Waals surface area contributed by atoms with Gasteiger partial charge in [-0.15, -0.1) is 0 Å². The summed E-state index contributed by atoms with van der Waals surface area (Å²) in [6, 6.07) is 4.42. The second-order valence-electron chi connectivity index (χ2n) is 6.21. The number of nitrogens with one attached hydrogen (secondary N) is 1. The van der Waals surface area contributed by atoms with E-state index in [1.165, 1.54) is 11.1 Å². The van der Waals surface area contributed by atoms with Gasteiger partial charge in [0, 0.05) is 30.3 Å². The molecule has 1 atom stereocenters. The number of methoxy groups -OCH3 is 1. The molecule has 0 aliphatic carbocycles. The standard InChI is InChI=1S/C17H21N3O3/c1-10-6-12(19-18-10)8-13-15-11(4-5-20(13)2)7-14-16(17(15)21-3)23-9-22-14/h6-7,13H,4-5,8-9H2,1-3H3,(H,18,19)/t13-/m1/s1. The number of aromatic amines is 1. The van der Waals surface area contributed by atoms with Crippen molar-refractivity contribution < 1.29 is 14.2 Å². The highest BCUT2D eigenvalue weighted by molar-refractivity contribution is 5.61. The van der Waals surface area contributed by atoms with Gasteiger partial charge in [0.05, 0.1) is 12.8 Å². The molecule has 0 unspecified atom stereocenters. The van der Waals surface area contributed by atoms with Gasteiger partial charge in [0.1, 0.15) is 0 Å². The third-order valence-electron chi connectivity index (χ3n) is 4.71. The molecular formula is C17H21N3O3. The highest BCUT2D eigenvalue weighted by atomic mass is 16.7. The fourth-order valence-corrected chi connectivity index (χ4v) is 3.56. The fourth-order valence-electron chi connectivity index (χ4n) is 3.56. The number of H-pyrrole nitrogens is 1. The Balaban J connectivity index is 1.80. The molecule has 1 aromatic carbocycles. The van der Waals surface area contributed by atoms with Gasteiger partial charge in [0.2, 0.25) is 12.5 Å². The number of benzene rings is 1. The first-order valence-corrected chi connectivity index (χ1v) is 7.88. The first-order valence-electron chi connectivity index (χ1n) is 7.88. The average molecular weight is 315 g/mol. The molecule has 2 aromatic rings. The molecule has 23 heavy (non-hydrogen) atoms. The van der Waals surface area contributed by atoms with E-state index in [1.54, 1.807) is 7.11 Å². The molecular weight excluding hydrogens is 294 g/mol. The number of hydrogen-bond donors (Lipinski definition) is 1. The SMILES string of the molecule is COc1c2c(cc3c1[C@@H](Cc1cc(C)[nH]n1)N(C)CC3)OCO2. The molecule has 122 valence electrons. The maximum Gasteiger partial charge on any atom is 0.231 e. The minimum Gasteiger partial charge on any atom is -0.492 e. The van der Waals surface area contributed by atoms with E-state index in [0.717, 1.165) is 48.0 Å². The molecule has 2 aliphatic heterocycles. The van der Waals surface area contributed by atoms with Crippen molar-refractivity contribution in [2.75, 3.05) is 27.5 Å². The second kappa shape index (κ2) is 5.45. The largest absolute Gasteiger partial charge is 0.492 e. The van der Waals surface area contributed by atoms with Gasteiger partial charge >= 0.3 is 0 Å². The van der Waals surface area contributed by atoms with E-state index in [-0.39, 0.29) is 12.8 Å². The third-order valence-corrected chi connectivity index (χ3v) is 4.71. The molecule has 2 aliphatic rings. The molecule has 6 nitrogen and oxygen atoms in total. The van der Waals surface area contributed by atoms with Crippen molar-refractivity contribution in [3.05, 3.63) is 34.6 Å². The van der Waals surface area contributed by atoms with Crippen molar-refractivity contribution in [1.29, 1.82) is 0 Å². The number of rotatable bonds is 3. The van der Waals surface area contributed by atoms with E-state index < -0.39 is 0 Å². The molecule has 0 saturated carbocycles. The number of nitrogens with zero attached hydrogens (tertiary/aromatic N) is 2. The van der Waals surface area contributed by atoms with Crippen LogP contribution in [-0.2, 0) is 12.8 Å². The highest BCUT2D eigenvalue weighted by Crippen LogP contribution is 2.49. The Morgan fingerprint density at radius 3 is 3.00 bits per heavy atom. The van der Waals surface area contributed by atoms with Gasteiger partial charge in [-0.25, -0.2) is 0 Å². The lowest BCUT2D eigenvalue weighted by atomic mass is 9.88. The lowest BCUT2D eigenvalue weighted by Crippen LogP contribution is -2.34. The van der Waals surface area contributed by atoms with Crippen molar-refractivity contribution in [2.24, 2.45) is 0 Å². The first kappa shape index (κ1) is 14.4. The lowest BCUT2D eigenvalue weighted by Gasteiger charge is -2.35. The van der Waals surface area contributed by atoms with Crippen molar-refractivity contribution in [2.45, 2.75) is 25.8 Å². The van der Waals surface area contributed by atoms with Crippen LogP contribution in [0.1, 0.15) is 28.6 Å². The third kappa shape index (κ3) is 2.34. The van der Waals surface area contributed by atoms with Gasteiger partial charge in [-0.3, -0.25) is 10.00 Å². The molecule has 0 fully saturated rings. The molecule has 0 amide bonds. The highest BCUT2D eigenvalue weighted by Gasteiger charge is 2.34. The van der Waals surface area contributed by atoms with Gasteiger partial charge in [-0.2, -0.15) is 5.10 Å². The lowest BCUT2D eigenvalue weighted by molar-refractivity contribution is 0.170. The first-order chi connectivity index (χ1) is 11.2. The van der Waals surface area contributed by atoms with E-state index in [2.05, 4.69) is 34.3 Å². The number of hydrogen-bond acceptors (Lipinski definition) is 5. The monoisotopic (exact) mass is 315 g/mol. The summed E-state index contributed by atoms with van der Waals surface area (Å²) < 4.78 is 16.9. The summed E-state index contributed by atoms with van der Waals surface area (Å²) in [7, 11) is 3.85. The zero-order valence-corrected chi connectivity index (χ0v) is 13.7. The summed E-state index contributed by atoms with van der Waals surface area (Å²) >= 11 is 0. The predicted octanol–water partition coefficient (Wildman–Crippen LogP) is 2.23. The van der Waals surface area contributed by atoms with Gasteiger partial charge < -0.3 is 14.2 Å². The van der Waals surface area contributed by atoms with E-state index in [9.17, 15) is 0 Å². The number of fused-ring (bicyclic) bond motifs is 2. The van der Waals surface area contributed by atoms with E-state index in [4.69, 9.17) is 14.2 Å². The molecule has 0 spiro atoms. The zero-order valence-electron chi connectivity index (χ0n) is 13.7. The van der Waals surface area contributed by atoms with Crippen molar-refractivity contribution in [1.82, 2.24) is 15.1 Å². The maximum absolute atomic E-state index is 5.72. The van der Waals surface area contributed by atoms with Crippen LogP contribution in [0.4, 0.5) is 0 Å². The Hall–Kier alpha value is -2.21. The smallest absolute Gasteiger partial charge is 0.231 e. The van der Waals surface area contributed by atoms with Gasteiger partial charge in [-0.05, 0) is 38.1 Å². The van der Waals surface area contributed by atoms with Gasteiger partial charge in [-0.1, -0.05) is 0 Å². The Morgan fingerprint density at radius 1 is 1.39 bits per heavy atom. The molecule has 4 rings (SSSR count). The molecule has 0 saturated heterocycles. The molecule has 6 heteroatoms. The fraction of sp³-hybridized carbons (Fsp3) is 0.471. The van der Waals surface area contributed by atoms with Crippen molar-refractivity contribution in [3.8, 4) is 17.2 Å². The summed E-state index contributed by atoms with van der Waals surface area (Å²) in [5.41, 5.74) is 4.62. The van der Waals surface area contributed by atoms with Gasteiger partial charge in [0.25, 0.3) is 0 Å². The quantitative estimate of drug-likeness (QED) is 0.941. The number of aromatic nitrogens is 2. The van der Waals surface area contributed by atoms with Crippen LogP contribution < -0.4 is 14.2 Å². The number of aryl methyl sites for hydroxylation is 1. The Labute approximate surface area is 135 Å². The maximum atomic E-state index is 5.72. The van der Waals surface area contributed by atoms with Crippen LogP contribution in [-0.4, -0.2) is 42.6 Å². The van der Waals surface area contributed by atoms with Gasteiger partial charge in [0.15, 0.2) is 11.5 Å². The van der Waals surface area contributed by atoms with Crippen LogP contribution in [0.15, 0.2) is 12.1 Å². The van der Waals surface area contributed by atoms with E-state index in [0.29, 0.717) is 0 Å². The summed E-state index contributed by atoms with van der Waals surface area (Å²) in [6.45, 7) is 3.28. The molecule has 0 radical (unpaired) electrons. The van der Waals surface area contributed by atoms with Crippen LogP contribution >= 0.6 is 0 Å². The van der Waals surface area contributed by atoms with Crippen LogP contribution in [0.3, 0.4) is 0 Å². The minimum absolute atomic E-state index is 0.214. The summed E-state index contributed by atoms with van der Waals surface area (Å²) in [5.74, 6) is 2.32. The summed E-state index contributed by atoms with van der Waals surface area (Å²) in [5, 5.41) is 7.42. The van der Waals surface area contributed by atoms with E-state index >= 15 is 0 Å². The zero-order chi connectivity index (χ0) is 16.0. The van der Waals surface area contributed by atoms with Crippen molar-refractivity contribution >= 4 is 0 Å². The second-order valence-corrected chi connectivity index (χ2v) is 6.21. The minimum atomic E-state index is 0.214. The molecule has 1 aromatic heterocycles. The van der Waals surface area contributed by atoms with Crippen LogP contribution in [0, 0.1) is 6.92 Å². The topological polar surface area (TPSA) is 59.6 Å². The van der Waals surface area contributed by atoms with Crippen LogP contribution in [0.25, 0.3) is 0 Å². The summed E-state index contributed by atoms with van der Waals surface area (Å²) in [6.07, 6.45) is 1.82.